The van der Waals surface area contributed by atoms with Crippen LogP contribution in [0.5, 0.6) is 5.75 Å². The highest BCUT2D eigenvalue weighted by atomic mass is 16.5. The van der Waals surface area contributed by atoms with Crippen LogP contribution < -0.4 is 10.1 Å². The van der Waals surface area contributed by atoms with E-state index in [1.807, 2.05) is 32.5 Å². The van der Waals surface area contributed by atoms with E-state index in [4.69, 9.17) is 9.15 Å². The summed E-state index contributed by atoms with van der Waals surface area (Å²) in [5.41, 5.74) is 3.12. The first-order chi connectivity index (χ1) is 9.52. The molecule has 5 heteroatoms. The van der Waals surface area contributed by atoms with Crippen LogP contribution in [-0.4, -0.2) is 16.3 Å². The third kappa shape index (κ3) is 3.04. The van der Waals surface area contributed by atoms with Crippen molar-refractivity contribution in [3.63, 3.8) is 0 Å². The summed E-state index contributed by atoms with van der Waals surface area (Å²) < 4.78 is 13.4. The highest BCUT2D eigenvalue weighted by Gasteiger charge is 2.13. The number of hydrogen-bond acceptors (Lipinski definition) is 4. The summed E-state index contributed by atoms with van der Waals surface area (Å²) in [6, 6.07) is 2.05. The van der Waals surface area contributed by atoms with Gasteiger partial charge in [-0.15, -0.1) is 0 Å². The summed E-state index contributed by atoms with van der Waals surface area (Å²) in [4.78, 5) is 0. The first-order valence-corrected chi connectivity index (χ1v) is 6.94. The van der Waals surface area contributed by atoms with Gasteiger partial charge < -0.3 is 14.5 Å². The molecule has 110 valence electrons. The fourth-order valence-corrected chi connectivity index (χ4v) is 2.20. The largest absolute Gasteiger partial charge is 0.482 e. The number of aryl methyl sites for hydroxylation is 3. The Balaban J connectivity index is 2.04. The number of aromatic nitrogens is 2. The predicted molar refractivity (Wildman–Crippen MR) is 77.8 cm³/mol. The van der Waals surface area contributed by atoms with Gasteiger partial charge >= 0.3 is 0 Å². The second kappa shape index (κ2) is 6.13. The Morgan fingerprint density at radius 1 is 1.35 bits per heavy atom. The van der Waals surface area contributed by atoms with Crippen LogP contribution in [-0.2, 0) is 20.2 Å². The molecule has 2 aromatic heterocycles. The van der Waals surface area contributed by atoms with Crippen LogP contribution in [0.4, 0.5) is 0 Å². The number of nitrogens with one attached hydrogen (secondary N) is 1. The van der Waals surface area contributed by atoms with Crippen LogP contribution in [0.1, 0.15) is 35.4 Å². The number of rotatable bonds is 6. The van der Waals surface area contributed by atoms with Crippen LogP contribution in [0.2, 0.25) is 0 Å². The molecule has 0 amide bonds. The molecule has 0 saturated carbocycles. The van der Waals surface area contributed by atoms with Gasteiger partial charge in [0.15, 0.2) is 5.75 Å². The molecule has 2 aromatic rings. The standard InChI is InChI=1S/C15H23N3O2/c1-6-16-8-13-7-14(20-12(13)4)9-19-15-10(2)17-18(5)11(15)3/h7,16H,6,8-9H2,1-5H3. The van der Waals surface area contributed by atoms with E-state index >= 15 is 0 Å². The Labute approximate surface area is 119 Å². The lowest BCUT2D eigenvalue weighted by atomic mass is 10.2. The van der Waals surface area contributed by atoms with Crippen molar-refractivity contribution in [1.29, 1.82) is 0 Å². The third-order valence-electron chi connectivity index (χ3n) is 3.44. The summed E-state index contributed by atoms with van der Waals surface area (Å²) in [6.07, 6.45) is 0. The van der Waals surface area contributed by atoms with Gasteiger partial charge in [0.25, 0.3) is 0 Å². The topological polar surface area (TPSA) is 52.2 Å². The SMILES string of the molecule is CCNCc1cc(COc2c(C)nn(C)c2C)oc1C. The number of hydrogen-bond donors (Lipinski definition) is 1. The van der Waals surface area contributed by atoms with Gasteiger partial charge in [0.2, 0.25) is 0 Å². The molecule has 0 aliphatic rings. The van der Waals surface area contributed by atoms with E-state index in [1.54, 1.807) is 0 Å². The highest BCUT2D eigenvalue weighted by Crippen LogP contribution is 2.23. The average molecular weight is 277 g/mol. The maximum absolute atomic E-state index is 5.85. The van der Waals surface area contributed by atoms with E-state index in [2.05, 4.69) is 23.4 Å². The van der Waals surface area contributed by atoms with Gasteiger partial charge in [-0.25, -0.2) is 0 Å². The molecule has 0 unspecified atom stereocenters. The summed E-state index contributed by atoms with van der Waals surface area (Å²) in [5, 5.41) is 7.64. The summed E-state index contributed by atoms with van der Waals surface area (Å²) >= 11 is 0. The second-order valence-corrected chi connectivity index (χ2v) is 4.99. The minimum Gasteiger partial charge on any atom is -0.482 e. The first-order valence-electron chi connectivity index (χ1n) is 6.94. The van der Waals surface area contributed by atoms with E-state index in [-0.39, 0.29) is 0 Å². The van der Waals surface area contributed by atoms with Crippen LogP contribution in [0.25, 0.3) is 0 Å². The normalized spacial score (nSPS) is 11.1. The second-order valence-electron chi connectivity index (χ2n) is 4.99. The molecule has 0 aromatic carbocycles. The molecule has 0 aliphatic heterocycles. The van der Waals surface area contributed by atoms with Gasteiger partial charge in [-0.2, -0.15) is 5.10 Å². The maximum atomic E-state index is 5.85. The first kappa shape index (κ1) is 14.7. The monoisotopic (exact) mass is 277 g/mol. The molecule has 0 saturated heterocycles. The smallest absolute Gasteiger partial charge is 0.163 e. The molecule has 1 N–H and O–H groups in total. The highest BCUT2D eigenvalue weighted by molar-refractivity contribution is 5.32. The van der Waals surface area contributed by atoms with Crippen molar-refractivity contribution in [2.75, 3.05) is 6.54 Å². The van der Waals surface area contributed by atoms with Crippen molar-refractivity contribution in [2.24, 2.45) is 7.05 Å². The van der Waals surface area contributed by atoms with Crippen molar-refractivity contribution < 1.29 is 9.15 Å². The Hall–Kier alpha value is -1.75. The van der Waals surface area contributed by atoms with E-state index in [0.717, 1.165) is 41.7 Å². The van der Waals surface area contributed by atoms with Crippen LogP contribution in [0.3, 0.4) is 0 Å². The molecule has 0 aliphatic carbocycles. The third-order valence-corrected chi connectivity index (χ3v) is 3.44. The van der Waals surface area contributed by atoms with Gasteiger partial charge in [-0.1, -0.05) is 6.92 Å². The Kier molecular flexibility index (Phi) is 4.49. The van der Waals surface area contributed by atoms with Gasteiger partial charge in [-0.3, -0.25) is 4.68 Å². The molecular formula is C15H23N3O2. The zero-order valence-corrected chi connectivity index (χ0v) is 12.9. The Morgan fingerprint density at radius 3 is 2.70 bits per heavy atom. The van der Waals surface area contributed by atoms with Crippen LogP contribution >= 0.6 is 0 Å². The van der Waals surface area contributed by atoms with Gasteiger partial charge in [-0.05, 0) is 33.4 Å². The van der Waals surface area contributed by atoms with Crippen molar-refractivity contribution in [3.8, 4) is 5.75 Å². The minimum atomic E-state index is 0.431. The Bertz CT molecular complexity index is 584. The van der Waals surface area contributed by atoms with Crippen molar-refractivity contribution >= 4 is 0 Å². The summed E-state index contributed by atoms with van der Waals surface area (Å²) in [6.45, 7) is 10.2. The van der Waals surface area contributed by atoms with Crippen molar-refractivity contribution in [3.05, 3.63) is 34.5 Å². The lowest BCUT2D eigenvalue weighted by Crippen LogP contribution is -2.11. The summed E-state index contributed by atoms with van der Waals surface area (Å²) in [5.74, 6) is 2.64. The van der Waals surface area contributed by atoms with Crippen molar-refractivity contribution in [2.45, 2.75) is 40.8 Å². The number of ether oxygens (including phenoxy) is 1. The number of nitrogens with zero attached hydrogens (tertiary/aromatic N) is 2. The van der Waals surface area contributed by atoms with E-state index in [0.29, 0.717) is 6.61 Å². The van der Waals surface area contributed by atoms with Crippen LogP contribution in [0, 0.1) is 20.8 Å². The molecule has 0 atom stereocenters. The molecule has 0 fully saturated rings. The maximum Gasteiger partial charge on any atom is 0.163 e. The fraction of sp³-hybridized carbons (Fsp3) is 0.533. The van der Waals surface area contributed by atoms with E-state index in [9.17, 15) is 0 Å². The molecular weight excluding hydrogens is 254 g/mol. The quantitative estimate of drug-likeness (QED) is 0.882. The minimum absolute atomic E-state index is 0.431. The lowest BCUT2D eigenvalue weighted by molar-refractivity contribution is 0.264. The zero-order chi connectivity index (χ0) is 14.7. The van der Waals surface area contributed by atoms with Crippen molar-refractivity contribution in [1.82, 2.24) is 15.1 Å². The lowest BCUT2D eigenvalue weighted by Gasteiger charge is -2.04. The number of furan rings is 1. The van der Waals surface area contributed by atoms with Crippen LogP contribution in [0.15, 0.2) is 10.5 Å². The molecule has 0 bridgehead atoms. The molecule has 0 radical (unpaired) electrons. The van der Waals surface area contributed by atoms with E-state index < -0.39 is 0 Å². The average Bonchev–Trinajstić information content (AvgIpc) is 2.87. The molecule has 0 spiro atoms. The molecule has 2 heterocycles. The zero-order valence-electron chi connectivity index (χ0n) is 12.9. The van der Waals surface area contributed by atoms with Gasteiger partial charge in [0.05, 0.1) is 5.69 Å². The molecule has 20 heavy (non-hydrogen) atoms. The molecule has 2 rings (SSSR count). The Morgan fingerprint density at radius 2 is 2.10 bits per heavy atom. The summed E-state index contributed by atoms with van der Waals surface area (Å²) in [7, 11) is 1.92. The predicted octanol–water partition coefficient (Wildman–Crippen LogP) is 2.63. The van der Waals surface area contributed by atoms with E-state index in [1.165, 1.54) is 5.56 Å². The molecule has 5 nitrogen and oxygen atoms in total. The van der Waals surface area contributed by atoms with Gasteiger partial charge in [0, 0.05) is 19.2 Å². The van der Waals surface area contributed by atoms with Gasteiger partial charge in [0.1, 0.15) is 23.8 Å². The fourth-order valence-electron chi connectivity index (χ4n) is 2.20.